The van der Waals surface area contributed by atoms with Crippen LogP contribution in [0, 0.1) is 0 Å². The van der Waals surface area contributed by atoms with Crippen LogP contribution in [0.1, 0.15) is 33.6 Å². The van der Waals surface area contributed by atoms with Crippen LogP contribution in [0.25, 0.3) is 0 Å². The molecule has 3 atom stereocenters. The van der Waals surface area contributed by atoms with Crippen LogP contribution in [0.5, 0.6) is 0 Å². The van der Waals surface area contributed by atoms with E-state index in [9.17, 15) is 9.59 Å². The minimum Gasteiger partial charge on any atom is -0.468 e. The molecule has 2 saturated heterocycles. The molecule has 2 aliphatic heterocycles. The summed E-state index contributed by atoms with van der Waals surface area (Å²) in [5.41, 5.74) is -0.526. The van der Waals surface area contributed by atoms with E-state index in [0.29, 0.717) is 6.54 Å². The van der Waals surface area contributed by atoms with Gasteiger partial charge in [0, 0.05) is 12.6 Å². The van der Waals surface area contributed by atoms with Crippen LogP contribution in [0.15, 0.2) is 0 Å². The van der Waals surface area contributed by atoms with E-state index in [4.69, 9.17) is 9.47 Å². The highest BCUT2D eigenvalue weighted by Crippen LogP contribution is 2.31. The Morgan fingerprint density at radius 1 is 1.26 bits per heavy atom. The Labute approximate surface area is 113 Å². The van der Waals surface area contributed by atoms with Gasteiger partial charge in [0.2, 0.25) is 0 Å². The number of methoxy groups -OCH3 is 1. The number of ether oxygens (including phenoxy) is 2. The van der Waals surface area contributed by atoms with Crippen LogP contribution in [-0.2, 0) is 14.3 Å². The Morgan fingerprint density at radius 2 is 1.95 bits per heavy atom. The lowest BCUT2D eigenvalue weighted by Gasteiger charge is -2.39. The first-order valence-corrected chi connectivity index (χ1v) is 6.66. The van der Waals surface area contributed by atoms with E-state index in [2.05, 4.69) is 5.32 Å². The second-order valence-corrected chi connectivity index (χ2v) is 6.10. The van der Waals surface area contributed by atoms with Crippen molar-refractivity contribution in [3.8, 4) is 0 Å². The molecule has 0 radical (unpaired) electrons. The highest BCUT2D eigenvalue weighted by Gasteiger charge is 2.49. The number of carbonyl (C=O) groups excluding carboxylic acids is 2. The molecule has 0 aromatic heterocycles. The van der Waals surface area contributed by atoms with Crippen LogP contribution in [0.3, 0.4) is 0 Å². The summed E-state index contributed by atoms with van der Waals surface area (Å²) >= 11 is 0. The number of amides is 1. The van der Waals surface area contributed by atoms with Gasteiger partial charge < -0.3 is 14.8 Å². The number of rotatable bonds is 1. The molecule has 2 aliphatic rings. The summed E-state index contributed by atoms with van der Waals surface area (Å²) in [6.07, 6.45) is 1.36. The number of esters is 1. The Morgan fingerprint density at radius 3 is 2.53 bits per heavy atom. The number of hydrogen-bond donors (Lipinski definition) is 1. The van der Waals surface area contributed by atoms with Gasteiger partial charge in [0.15, 0.2) is 0 Å². The summed E-state index contributed by atoms with van der Waals surface area (Å²) < 4.78 is 10.2. The molecule has 0 aromatic carbocycles. The summed E-state index contributed by atoms with van der Waals surface area (Å²) in [6, 6.07) is -0.502. The molecular weight excluding hydrogens is 248 g/mol. The number of fused-ring (bicyclic) bond motifs is 2. The zero-order valence-electron chi connectivity index (χ0n) is 11.9. The van der Waals surface area contributed by atoms with Gasteiger partial charge in [-0.1, -0.05) is 0 Å². The van der Waals surface area contributed by atoms with Crippen molar-refractivity contribution in [1.29, 1.82) is 0 Å². The lowest BCUT2D eigenvalue weighted by Crippen LogP contribution is -2.62. The third kappa shape index (κ3) is 2.83. The third-order valence-corrected chi connectivity index (χ3v) is 3.56. The van der Waals surface area contributed by atoms with Gasteiger partial charge in [0.1, 0.15) is 11.6 Å². The number of carbonyl (C=O) groups is 2. The minimum absolute atomic E-state index is 0.112. The lowest BCUT2D eigenvalue weighted by molar-refractivity contribution is -0.145. The van der Waals surface area contributed by atoms with Crippen LogP contribution >= 0.6 is 0 Å². The van der Waals surface area contributed by atoms with Crippen molar-refractivity contribution in [3.63, 3.8) is 0 Å². The zero-order valence-corrected chi connectivity index (χ0v) is 11.9. The molecular formula is C13H22N2O4. The van der Waals surface area contributed by atoms with Crippen molar-refractivity contribution < 1.29 is 19.1 Å². The van der Waals surface area contributed by atoms with E-state index in [0.717, 1.165) is 12.8 Å². The highest BCUT2D eigenvalue weighted by atomic mass is 16.6. The van der Waals surface area contributed by atoms with Gasteiger partial charge in [-0.05, 0) is 33.6 Å². The van der Waals surface area contributed by atoms with E-state index in [1.165, 1.54) is 7.11 Å². The molecule has 6 nitrogen and oxygen atoms in total. The van der Waals surface area contributed by atoms with Crippen molar-refractivity contribution in [3.05, 3.63) is 0 Å². The van der Waals surface area contributed by atoms with Crippen molar-refractivity contribution in [1.82, 2.24) is 10.2 Å². The minimum atomic E-state index is -0.526. The predicted molar refractivity (Wildman–Crippen MR) is 68.7 cm³/mol. The average Bonchev–Trinajstić information content (AvgIpc) is 2.61. The van der Waals surface area contributed by atoms with Gasteiger partial charge in [-0.25, -0.2) is 4.79 Å². The second-order valence-electron chi connectivity index (χ2n) is 6.10. The molecule has 19 heavy (non-hydrogen) atoms. The fourth-order valence-electron chi connectivity index (χ4n) is 2.81. The molecule has 1 amide bonds. The van der Waals surface area contributed by atoms with Gasteiger partial charge in [0.05, 0.1) is 13.2 Å². The van der Waals surface area contributed by atoms with Crippen molar-refractivity contribution in [2.24, 2.45) is 0 Å². The average molecular weight is 270 g/mol. The normalized spacial score (nSPS) is 30.1. The topological polar surface area (TPSA) is 67.9 Å². The second kappa shape index (κ2) is 5.00. The summed E-state index contributed by atoms with van der Waals surface area (Å²) in [7, 11) is 1.36. The quantitative estimate of drug-likeness (QED) is 0.717. The van der Waals surface area contributed by atoms with Crippen molar-refractivity contribution in [2.75, 3.05) is 13.7 Å². The van der Waals surface area contributed by atoms with Gasteiger partial charge in [0.25, 0.3) is 0 Å². The van der Waals surface area contributed by atoms with E-state index in [1.54, 1.807) is 4.90 Å². The monoisotopic (exact) mass is 270 g/mol. The van der Waals surface area contributed by atoms with E-state index in [1.807, 2.05) is 20.8 Å². The molecule has 2 rings (SSSR count). The first-order valence-electron chi connectivity index (χ1n) is 6.66. The van der Waals surface area contributed by atoms with E-state index >= 15 is 0 Å². The number of nitrogens with one attached hydrogen (secondary N) is 1. The highest BCUT2D eigenvalue weighted by molar-refractivity contribution is 5.79. The summed E-state index contributed by atoms with van der Waals surface area (Å²) in [4.78, 5) is 25.7. The zero-order chi connectivity index (χ0) is 14.2. The maximum Gasteiger partial charge on any atom is 0.410 e. The summed E-state index contributed by atoms with van der Waals surface area (Å²) in [6.45, 7) is 6.13. The molecule has 2 heterocycles. The molecule has 108 valence electrons. The SMILES string of the molecule is COC(=O)C1NC[C@@H]2CC[C@H]1N2C(=O)OC(C)(C)C. The Kier molecular flexibility index (Phi) is 3.71. The van der Waals surface area contributed by atoms with Crippen LogP contribution in [-0.4, -0.2) is 54.3 Å². The van der Waals surface area contributed by atoms with E-state index in [-0.39, 0.29) is 24.1 Å². The first-order chi connectivity index (χ1) is 8.83. The van der Waals surface area contributed by atoms with E-state index < -0.39 is 11.6 Å². The van der Waals surface area contributed by atoms with Crippen LogP contribution in [0.2, 0.25) is 0 Å². The van der Waals surface area contributed by atoms with Crippen LogP contribution < -0.4 is 5.32 Å². The smallest absolute Gasteiger partial charge is 0.410 e. The van der Waals surface area contributed by atoms with Crippen molar-refractivity contribution >= 4 is 12.1 Å². The maximum atomic E-state index is 12.3. The standard InChI is InChI=1S/C13H22N2O4/c1-13(2,3)19-12(17)15-8-5-6-9(15)10(14-7-8)11(16)18-4/h8-10,14H,5-7H2,1-4H3/t8-,9+,10?/m0/s1. The Bertz CT molecular complexity index is 377. The predicted octanol–water partition coefficient (Wildman–Crippen LogP) is 0.899. The first kappa shape index (κ1) is 14.1. The molecule has 2 bridgehead atoms. The Balaban J connectivity index is 2.12. The lowest BCUT2D eigenvalue weighted by atomic mass is 10.1. The van der Waals surface area contributed by atoms with Crippen molar-refractivity contribution in [2.45, 2.75) is 57.3 Å². The molecule has 0 aromatic rings. The van der Waals surface area contributed by atoms with Crippen LogP contribution in [0.4, 0.5) is 4.79 Å². The molecule has 0 spiro atoms. The molecule has 0 aliphatic carbocycles. The number of nitrogens with zero attached hydrogens (tertiary/aromatic N) is 1. The molecule has 6 heteroatoms. The fraction of sp³-hybridized carbons (Fsp3) is 0.846. The summed E-state index contributed by atoms with van der Waals surface area (Å²) in [5.74, 6) is -0.320. The number of piperazine rings is 1. The molecule has 1 unspecified atom stereocenters. The maximum absolute atomic E-state index is 12.3. The largest absolute Gasteiger partial charge is 0.468 e. The third-order valence-electron chi connectivity index (χ3n) is 3.56. The molecule has 1 N–H and O–H groups in total. The number of hydrogen-bond acceptors (Lipinski definition) is 5. The van der Waals surface area contributed by atoms with Gasteiger partial charge in [-0.2, -0.15) is 0 Å². The van der Waals surface area contributed by atoms with Gasteiger partial charge >= 0.3 is 12.1 Å². The van der Waals surface area contributed by atoms with Gasteiger partial charge in [-0.15, -0.1) is 0 Å². The summed E-state index contributed by atoms with van der Waals surface area (Å²) in [5, 5.41) is 3.16. The molecule has 0 saturated carbocycles. The van der Waals surface area contributed by atoms with Gasteiger partial charge in [-0.3, -0.25) is 9.69 Å². The Hall–Kier alpha value is -1.30. The fourth-order valence-corrected chi connectivity index (χ4v) is 2.81. The molecule has 2 fully saturated rings.